The Kier molecular flexibility index (Phi) is 4.62. The van der Waals surface area contributed by atoms with Gasteiger partial charge in [0.15, 0.2) is 0 Å². The van der Waals surface area contributed by atoms with Crippen molar-refractivity contribution < 1.29 is 14.7 Å². The number of halogens is 1. The van der Waals surface area contributed by atoms with Crippen LogP contribution in [0.4, 0.5) is 5.69 Å². The zero-order valence-corrected chi connectivity index (χ0v) is 11.9. The summed E-state index contributed by atoms with van der Waals surface area (Å²) in [5, 5.41) is 15.0. The predicted molar refractivity (Wildman–Crippen MR) is 77.2 cm³/mol. The smallest absolute Gasteiger partial charge is 0.335 e. The second-order valence-corrected chi connectivity index (χ2v) is 5.45. The number of carboxylic acids is 1. The van der Waals surface area contributed by atoms with Crippen molar-refractivity contribution in [3.8, 4) is 0 Å². The highest BCUT2D eigenvalue weighted by Crippen LogP contribution is 2.24. The van der Waals surface area contributed by atoms with E-state index in [9.17, 15) is 9.59 Å². The van der Waals surface area contributed by atoms with E-state index in [1.165, 1.54) is 18.2 Å². The van der Waals surface area contributed by atoms with Crippen LogP contribution < -0.4 is 10.6 Å². The lowest BCUT2D eigenvalue weighted by atomic mass is 9.92. The highest BCUT2D eigenvalue weighted by Gasteiger charge is 2.27. The molecule has 1 heterocycles. The van der Waals surface area contributed by atoms with E-state index in [4.69, 9.17) is 16.7 Å². The number of nitrogens with one attached hydrogen (secondary N) is 2. The minimum atomic E-state index is -1.05. The van der Waals surface area contributed by atoms with Crippen molar-refractivity contribution in [1.82, 2.24) is 5.32 Å². The average Bonchev–Trinajstić information content (AvgIpc) is 2.41. The molecule has 0 aliphatic carbocycles. The van der Waals surface area contributed by atoms with E-state index in [0.717, 1.165) is 19.4 Å². The van der Waals surface area contributed by atoms with E-state index < -0.39 is 5.97 Å². The van der Waals surface area contributed by atoms with E-state index in [1.807, 2.05) is 6.92 Å². The molecule has 1 fully saturated rings. The van der Waals surface area contributed by atoms with Crippen molar-refractivity contribution in [2.75, 3.05) is 11.9 Å². The minimum absolute atomic E-state index is 0.0946. The van der Waals surface area contributed by atoms with Crippen LogP contribution in [0.15, 0.2) is 18.2 Å². The largest absolute Gasteiger partial charge is 0.478 e. The fourth-order valence-corrected chi connectivity index (χ4v) is 2.59. The Morgan fingerprint density at radius 2 is 2.20 bits per heavy atom. The molecule has 2 unspecified atom stereocenters. The molecule has 0 saturated carbocycles. The number of hydrogen-bond acceptors (Lipinski definition) is 3. The highest BCUT2D eigenvalue weighted by molar-refractivity contribution is 6.34. The quantitative estimate of drug-likeness (QED) is 0.800. The van der Waals surface area contributed by atoms with E-state index in [2.05, 4.69) is 10.6 Å². The summed E-state index contributed by atoms with van der Waals surface area (Å²) >= 11 is 5.99. The Balaban J connectivity index is 2.09. The molecule has 0 radical (unpaired) electrons. The molecule has 0 spiro atoms. The number of carbonyl (C=O) groups excluding carboxylic acids is 1. The van der Waals surface area contributed by atoms with E-state index in [0.29, 0.717) is 5.69 Å². The predicted octanol–water partition coefficient (Wildman–Crippen LogP) is 2.36. The molecule has 108 valence electrons. The molecule has 1 aromatic rings. The Morgan fingerprint density at radius 1 is 1.45 bits per heavy atom. The van der Waals surface area contributed by atoms with Crippen LogP contribution in [0.3, 0.4) is 0 Å². The summed E-state index contributed by atoms with van der Waals surface area (Å²) in [5.41, 5.74) is 0.526. The lowest BCUT2D eigenvalue weighted by Crippen LogP contribution is -2.48. The van der Waals surface area contributed by atoms with Gasteiger partial charge in [0.1, 0.15) is 0 Å². The van der Waals surface area contributed by atoms with Crippen LogP contribution in [0.25, 0.3) is 0 Å². The van der Waals surface area contributed by atoms with Gasteiger partial charge in [0.05, 0.1) is 22.3 Å². The van der Waals surface area contributed by atoms with Gasteiger partial charge in [0.2, 0.25) is 5.91 Å². The molecule has 6 heteroatoms. The van der Waals surface area contributed by atoms with Crippen molar-refractivity contribution in [2.24, 2.45) is 5.92 Å². The summed E-state index contributed by atoms with van der Waals surface area (Å²) in [4.78, 5) is 23.0. The SMILES string of the molecule is CC1CCCNC1C(=O)Nc1ccc(C(=O)O)cc1Cl. The number of hydrogen-bond donors (Lipinski definition) is 3. The van der Waals surface area contributed by atoms with E-state index in [-0.39, 0.29) is 28.5 Å². The Bertz CT molecular complexity index is 533. The van der Waals surface area contributed by atoms with Crippen LogP contribution in [-0.2, 0) is 4.79 Å². The van der Waals surface area contributed by atoms with E-state index in [1.54, 1.807) is 0 Å². The third-order valence-corrected chi connectivity index (χ3v) is 3.84. The number of amides is 1. The summed E-state index contributed by atoms with van der Waals surface area (Å²) < 4.78 is 0. The van der Waals surface area contributed by atoms with Crippen molar-refractivity contribution in [2.45, 2.75) is 25.8 Å². The molecule has 1 amide bonds. The molecule has 1 saturated heterocycles. The van der Waals surface area contributed by atoms with Gasteiger partial charge in [-0.3, -0.25) is 4.79 Å². The maximum Gasteiger partial charge on any atom is 0.335 e. The Labute approximate surface area is 122 Å². The monoisotopic (exact) mass is 296 g/mol. The first-order chi connectivity index (χ1) is 9.49. The molecule has 2 rings (SSSR count). The number of anilines is 1. The van der Waals surface area contributed by atoms with E-state index >= 15 is 0 Å². The molecule has 0 bridgehead atoms. The number of carboxylic acid groups (broad SMARTS) is 1. The summed E-state index contributed by atoms with van der Waals surface area (Å²) in [6.07, 6.45) is 2.08. The molecule has 1 aliphatic heterocycles. The van der Waals surface area contributed by atoms with Crippen LogP contribution >= 0.6 is 11.6 Å². The first-order valence-corrected chi connectivity index (χ1v) is 6.94. The minimum Gasteiger partial charge on any atom is -0.478 e. The van der Waals surface area contributed by atoms with Gasteiger partial charge in [0.25, 0.3) is 0 Å². The first kappa shape index (κ1) is 14.8. The molecule has 1 aromatic carbocycles. The Morgan fingerprint density at radius 3 is 2.80 bits per heavy atom. The highest BCUT2D eigenvalue weighted by atomic mass is 35.5. The normalized spacial score (nSPS) is 22.3. The Hall–Kier alpha value is -1.59. The topological polar surface area (TPSA) is 78.4 Å². The zero-order valence-electron chi connectivity index (χ0n) is 11.1. The van der Waals surface area contributed by atoms with Crippen LogP contribution in [0.5, 0.6) is 0 Å². The van der Waals surface area contributed by atoms with Crippen LogP contribution in [0.2, 0.25) is 5.02 Å². The summed E-state index contributed by atoms with van der Waals surface area (Å²) in [5.74, 6) is -0.921. The second kappa shape index (κ2) is 6.24. The third-order valence-electron chi connectivity index (χ3n) is 3.53. The summed E-state index contributed by atoms with van der Waals surface area (Å²) in [6.45, 7) is 2.86. The number of piperidine rings is 1. The number of aromatic carboxylic acids is 1. The lowest BCUT2D eigenvalue weighted by Gasteiger charge is -2.29. The average molecular weight is 297 g/mol. The number of rotatable bonds is 3. The van der Waals surface area contributed by atoms with Gasteiger partial charge in [0, 0.05) is 0 Å². The van der Waals surface area contributed by atoms with Crippen LogP contribution in [0.1, 0.15) is 30.1 Å². The van der Waals surface area contributed by atoms with Gasteiger partial charge in [-0.05, 0) is 43.5 Å². The zero-order chi connectivity index (χ0) is 14.7. The molecule has 5 nitrogen and oxygen atoms in total. The van der Waals surface area contributed by atoms with Crippen molar-refractivity contribution in [3.05, 3.63) is 28.8 Å². The van der Waals surface area contributed by atoms with Crippen molar-refractivity contribution >= 4 is 29.2 Å². The molecule has 2 atom stereocenters. The maximum atomic E-state index is 12.2. The molecular weight excluding hydrogens is 280 g/mol. The first-order valence-electron chi connectivity index (χ1n) is 6.56. The maximum absolute atomic E-state index is 12.2. The molecular formula is C14H17ClN2O3. The van der Waals surface area contributed by atoms with Gasteiger partial charge in [-0.2, -0.15) is 0 Å². The van der Waals surface area contributed by atoms with Crippen LogP contribution in [0, 0.1) is 5.92 Å². The van der Waals surface area contributed by atoms with Crippen molar-refractivity contribution in [3.63, 3.8) is 0 Å². The fourth-order valence-electron chi connectivity index (χ4n) is 2.36. The third kappa shape index (κ3) is 3.29. The number of carbonyl (C=O) groups is 2. The molecule has 3 N–H and O–H groups in total. The van der Waals surface area contributed by atoms with Crippen LogP contribution in [-0.4, -0.2) is 29.6 Å². The lowest BCUT2D eigenvalue weighted by molar-refractivity contribution is -0.119. The standard InChI is InChI=1S/C14H17ClN2O3/c1-8-3-2-6-16-12(8)13(18)17-11-5-4-9(14(19)20)7-10(11)15/h4-5,7-8,12,16H,2-3,6H2,1H3,(H,17,18)(H,19,20). The fraction of sp³-hybridized carbons (Fsp3) is 0.429. The molecule has 0 aromatic heterocycles. The van der Waals surface area contributed by atoms with Gasteiger partial charge in [-0.1, -0.05) is 18.5 Å². The van der Waals surface area contributed by atoms with Crippen molar-refractivity contribution in [1.29, 1.82) is 0 Å². The number of benzene rings is 1. The van der Waals surface area contributed by atoms with Gasteiger partial charge >= 0.3 is 5.97 Å². The van der Waals surface area contributed by atoms with Gasteiger partial charge in [-0.15, -0.1) is 0 Å². The van der Waals surface area contributed by atoms with Gasteiger partial charge < -0.3 is 15.7 Å². The summed E-state index contributed by atoms with van der Waals surface area (Å²) in [7, 11) is 0. The molecule has 20 heavy (non-hydrogen) atoms. The summed E-state index contributed by atoms with van der Waals surface area (Å²) in [6, 6.07) is 4.02. The van der Waals surface area contributed by atoms with Gasteiger partial charge in [-0.25, -0.2) is 4.79 Å². The second-order valence-electron chi connectivity index (χ2n) is 5.04. The molecule has 1 aliphatic rings.